The highest BCUT2D eigenvalue weighted by Crippen LogP contribution is 2.42. The molecule has 0 aliphatic carbocycles. The van der Waals surface area contributed by atoms with E-state index in [0.29, 0.717) is 19.6 Å². The van der Waals surface area contributed by atoms with Crippen LogP contribution in [0.3, 0.4) is 0 Å². The molecule has 1 saturated heterocycles. The second kappa shape index (κ2) is 22.6. The van der Waals surface area contributed by atoms with Gasteiger partial charge >= 0.3 is 0 Å². The van der Waals surface area contributed by atoms with Crippen LogP contribution in [0.15, 0.2) is 72.3 Å². The molecule has 1 heterocycles. The Morgan fingerprint density at radius 3 is 1.75 bits per heavy atom. The zero-order chi connectivity index (χ0) is 46.0. The first-order valence-electron chi connectivity index (χ1n) is 22.5. The lowest BCUT2D eigenvalue weighted by molar-refractivity contribution is -0.208. The van der Waals surface area contributed by atoms with Gasteiger partial charge in [0.15, 0.2) is 16.6 Å². The van der Waals surface area contributed by atoms with E-state index in [4.69, 9.17) is 37.0 Å². The summed E-state index contributed by atoms with van der Waals surface area (Å²) in [4.78, 5) is 0. The number of hydrogen-bond donors (Lipinski definition) is 1. The molecule has 0 saturated carbocycles. The van der Waals surface area contributed by atoms with Gasteiger partial charge in [-0.1, -0.05) is 148 Å². The molecular weight excluding hydrogens is 817 g/mol. The maximum atomic E-state index is 12.1. The van der Waals surface area contributed by atoms with Gasteiger partial charge in [0.2, 0.25) is 0 Å². The summed E-state index contributed by atoms with van der Waals surface area (Å²) in [6, 6.07) is 21.5. The number of hydrogen-bond acceptors (Lipinski definition) is 9. The van der Waals surface area contributed by atoms with Gasteiger partial charge in [-0.3, -0.25) is 0 Å². The molecule has 348 valence electrons. The Kier molecular flexibility index (Phi) is 19.9. The highest BCUT2D eigenvalue weighted by atomic mass is 28.4. The number of aliphatic hydroxyl groups excluding tert-OH is 1. The van der Waals surface area contributed by atoms with Crippen molar-refractivity contribution in [1.29, 1.82) is 0 Å². The van der Waals surface area contributed by atoms with Crippen LogP contribution in [0.5, 0.6) is 0 Å². The molecule has 1 aliphatic heterocycles. The van der Waals surface area contributed by atoms with Crippen LogP contribution in [0.25, 0.3) is 0 Å². The Balaban J connectivity index is 1.90. The minimum atomic E-state index is -2.71. The smallest absolute Gasteiger partial charge is 0.261 e. The summed E-state index contributed by atoms with van der Waals surface area (Å²) in [6.45, 7) is 37.1. The molecule has 1 unspecified atom stereocenters. The zero-order valence-electron chi connectivity index (χ0n) is 41.4. The Hall–Kier alpha value is -1.53. The molecule has 1 fully saturated rings. The topological polar surface area (TPSA) is 94.1 Å². The lowest BCUT2D eigenvalue weighted by atomic mass is 9.91. The van der Waals surface area contributed by atoms with E-state index in [2.05, 4.69) is 170 Å². The number of methoxy groups -OCH3 is 2. The van der Waals surface area contributed by atoms with Crippen molar-refractivity contribution in [3.05, 3.63) is 72.3 Å². The SMILES string of the molecule is COCO[C@H]([C@H](OCOC)C(O)/C=C(\C)[C@@H](C)[C@H](CO[Si](C)(C)C(C)(C)C)O[Si](C)(C)C(C)(C)C)[C@H]1C[C@@H](C)[C@H](CCO[Si](c2ccccc2)(c2ccccc2)C(C)(C)C)O1. The molecule has 0 aromatic heterocycles. The highest BCUT2D eigenvalue weighted by molar-refractivity contribution is 6.99. The van der Waals surface area contributed by atoms with Gasteiger partial charge < -0.3 is 42.1 Å². The van der Waals surface area contributed by atoms with Gasteiger partial charge in [0.05, 0.1) is 24.9 Å². The van der Waals surface area contributed by atoms with Crippen LogP contribution in [-0.4, -0.2) is 108 Å². The first kappa shape index (κ1) is 53.8. The van der Waals surface area contributed by atoms with Crippen LogP contribution in [0.1, 0.15) is 95.9 Å². The Morgan fingerprint density at radius 1 is 0.770 bits per heavy atom. The Morgan fingerprint density at radius 2 is 1.28 bits per heavy atom. The third kappa shape index (κ3) is 14.0. The van der Waals surface area contributed by atoms with Crippen molar-refractivity contribution < 1.29 is 42.1 Å². The predicted octanol–water partition coefficient (Wildman–Crippen LogP) is 10.1. The first-order valence-corrected chi connectivity index (χ1v) is 30.3. The van der Waals surface area contributed by atoms with Crippen LogP contribution >= 0.6 is 0 Å². The van der Waals surface area contributed by atoms with Crippen molar-refractivity contribution in [3.8, 4) is 0 Å². The Bertz CT molecular complexity index is 1560. The number of ether oxygens (including phenoxy) is 5. The average Bonchev–Trinajstić information content (AvgIpc) is 3.54. The molecule has 1 aliphatic rings. The molecule has 2 aromatic carbocycles. The van der Waals surface area contributed by atoms with Crippen molar-refractivity contribution >= 4 is 35.3 Å². The maximum Gasteiger partial charge on any atom is 0.261 e. The minimum Gasteiger partial charge on any atom is -0.414 e. The number of benzene rings is 2. The maximum absolute atomic E-state index is 12.1. The van der Waals surface area contributed by atoms with Crippen LogP contribution in [0, 0.1) is 11.8 Å². The molecule has 0 radical (unpaired) electrons. The molecule has 3 rings (SSSR count). The third-order valence-corrected chi connectivity index (χ3v) is 27.9. The van der Waals surface area contributed by atoms with E-state index in [0.717, 1.165) is 12.0 Å². The van der Waals surface area contributed by atoms with Crippen molar-refractivity contribution in [2.24, 2.45) is 11.8 Å². The van der Waals surface area contributed by atoms with Crippen molar-refractivity contribution in [3.63, 3.8) is 0 Å². The van der Waals surface area contributed by atoms with Gasteiger partial charge in [-0.2, -0.15) is 0 Å². The van der Waals surface area contributed by atoms with Gasteiger partial charge in [-0.15, -0.1) is 0 Å². The van der Waals surface area contributed by atoms with Crippen molar-refractivity contribution in [2.75, 3.05) is 41.0 Å². The molecular formula is C49H86O9Si3. The van der Waals surface area contributed by atoms with Gasteiger partial charge in [-0.05, 0) is 77.4 Å². The van der Waals surface area contributed by atoms with Gasteiger partial charge in [0, 0.05) is 26.7 Å². The molecule has 9 nitrogen and oxygen atoms in total. The zero-order valence-corrected chi connectivity index (χ0v) is 44.4. The molecule has 0 bridgehead atoms. The molecule has 2 aromatic rings. The van der Waals surface area contributed by atoms with E-state index in [1.165, 1.54) is 10.4 Å². The van der Waals surface area contributed by atoms with E-state index in [1.807, 2.05) is 6.08 Å². The van der Waals surface area contributed by atoms with E-state index in [1.54, 1.807) is 14.2 Å². The largest absolute Gasteiger partial charge is 0.414 e. The standard InChI is InChI=1S/C49H86O9Si3/c1-36(38(3)44(58-60(17,18)48(7,8)9)33-56-59(15,16)47(4,5)6)31-41(50)45(53-34-51-13)46(54-35-52-14)43-32-37(2)42(57-43)29-30-55-61(49(10,11)12,39-25-21-19-22-26-39)40-27-23-20-24-28-40/h19-28,31,37-38,41-46,50H,29-30,32-35H2,1-18H3/b36-31+/t37-,38-,41?,42+,43-,44+,45-,46+/m1/s1. The summed E-state index contributed by atoms with van der Waals surface area (Å²) in [5.74, 6) is 0.172. The predicted molar refractivity (Wildman–Crippen MR) is 258 cm³/mol. The number of rotatable bonds is 23. The molecule has 0 spiro atoms. The average molecular weight is 903 g/mol. The van der Waals surface area contributed by atoms with Crippen LogP contribution < -0.4 is 10.4 Å². The summed E-state index contributed by atoms with van der Waals surface area (Å²) in [5.41, 5.74) is 0.991. The van der Waals surface area contributed by atoms with Crippen LogP contribution in [-0.2, 0) is 37.0 Å². The lowest BCUT2D eigenvalue weighted by Crippen LogP contribution is -2.66. The first-order chi connectivity index (χ1) is 28.2. The number of aliphatic hydroxyl groups is 1. The monoisotopic (exact) mass is 903 g/mol. The molecule has 12 heteroatoms. The summed E-state index contributed by atoms with van der Waals surface area (Å²) >= 11 is 0. The summed E-state index contributed by atoms with van der Waals surface area (Å²) in [5, 5.41) is 14.6. The molecule has 8 atom stereocenters. The van der Waals surface area contributed by atoms with Gasteiger partial charge in [-0.25, -0.2) is 0 Å². The van der Waals surface area contributed by atoms with Crippen molar-refractivity contribution in [1.82, 2.24) is 0 Å². The van der Waals surface area contributed by atoms with Crippen molar-refractivity contribution in [2.45, 2.75) is 174 Å². The highest BCUT2D eigenvalue weighted by Gasteiger charge is 2.51. The van der Waals surface area contributed by atoms with Crippen LogP contribution in [0.4, 0.5) is 0 Å². The summed E-state index contributed by atoms with van der Waals surface area (Å²) in [7, 11) is -3.77. The van der Waals surface area contributed by atoms with E-state index in [9.17, 15) is 5.11 Å². The van der Waals surface area contributed by atoms with Gasteiger partial charge in [0.1, 0.15) is 31.9 Å². The lowest BCUT2D eigenvalue weighted by Gasteiger charge is -2.43. The minimum absolute atomic E-state index is 0.0203. The normalized spacial score (nSPS) is 21.3. The van der Waals surface area contributed by atoms with Gasteiger partial charge in [0.25, 0.3) is 8.32 Å². The fourth-order valence-corrected chi connectivity index (χ4v) is 14.8. The molecule has 1 N–H and O–H groups in total. The van der Waals surface area contributed by atoms with Crippen LogP contribution in [0.2, 0.25) is 41.3 Å². The quantitative estimate of drug-likeness (QED) is 0.0665. The Labute approximate surface area is 375 Å². The summed E-state index contributed by atoms with van der Waals surface area (Å²) < 4.78 is 51.7. The second-order valence-electron chi connectivity index (χ2n) is 21.5. The third-order valence-electron chi connectivity index (χ3n) is 13.9. The van der Waals surface area contributed by atoms with E-state index in [-0.39, 0.29) is 58.8 Å². The van der Waals surface area contributed by atoms with E-state index < -0.39 is 43.3 Å². The molecule has 61 heavy (non-hydrogen) atoms. The summed E-state index contributed by atoms with van der Waals surface area (Å²) in [6.07, 6.45) is 0.227. The fourth-order valence-electron chi connectivity index (χ4n) is 7.83. The fraction of sp³-hybridized carbons (Fsp3) is 0.714. The van der Waals surface area contributed by atoms with E-state index >= 15 is 0 Å². The second-order valence-corrected chi connectivity index (χ2v) is 35.4. The molecule has 0 amide bonds.